The van der Waals surface area contributed by atoms with E-state index in [-0.39, 0.29) is 35.7 Å². The first-order valence-electron chi connectivity index (χ1n) is 9.00. The van der Waals surface area contributed by atoms with Crippen LogP contribution >= 0.6 is 0 Å². The van der Waals surface area contributed by atoms with Gasteiger partial charge in [-0.05, 0) is 31.5 Å². The lowest BCUT2D eigenvalue weighted by atomic mass is 10.1. The summed E-state index contributed by atoms with van der Waals surface area (Å²) in [5.74, 6) is -0.493. The number of amides is 2. The van der Waals surface area contributed by atoms with Crippen LogP contribution in [-0.2, 0) is 4.79 Å². The van der Waals surface area contributed by atoms with Crippen molar-refractivity contribution in [2.45, 2.75) is 26.3 Å². The highest BCUT2D eigenvalue weighted by molar-refractivity contribution is 6.04. The number of nitro benzene ring substituents is 1. The first-order chi connectivity index (χ1) is 13.8. The molecule has 0 radical (unpaired) electrons. The largest absolute Gasteiger partial charge is 0.490 e. The standard InChI is InChI=1S/C20H23N3O6/c1-4-13(2)21-20(25)15-7-5-6-8-16(15)22-19(24)12-29-14-9-10-17(23(26)27)18(11-14)28-3/h5-11,13H,4,12H2,1-3H3,(H,21,25)(H,22,24)/t13-/m1/s1. The van der Waals surface area contributed by atoms with Crippen LogP contribution < -0.4 is 20.1 Å². The number of methoxy groups -OCH3 is 1. The second-order valence-corrected chi connectivity index (χ2v) is 6.26. The Hall–Kier alpha value is -3.62. The van der Waals surface area contributed by atoms with Crippen molar-refractivity contribution in [2.24, 2.45) is 0 Å². The van der Waals surface area contributed by atoms with Gasteiger partial charge in [0.2, 0.25) is 5.75 Å². The van der Waals surface area contributed by atoms with Gasteiger partial charge in [0.05, 0.1) is 23.3 Å². The molecule has 0 spiro atoms. The van der Waals surface area contributed by atoms with Crippen molar-refractivity contribution < 1.29 is 24.0 Å². The van der Waals surface area contributed by atoms with Gasteiger partial charge in [-0.3, -0.25) is 19.7 Å². The lowest BCUT2D eigenvalue weighted by Crippen LogP contribution is -2.33. The van der Waals surface area contributed by atoms with Gasteiger partial charge >= 0.3 is 5.69 Å². The summed E-state index contributed by atoms with van der Waals surface area (Å²) in [7, 11) is 1.31. The number of ether oxygens (including phenoxy) is 2. The number of carbonyl (C=O) groups is 2. The van der Waals surface area contributed by atoms with E-state index in [2.05, 4.69) is 10.6 Å². The molecule has 2 rings (SSSR count). The Bertz CT molecular complexity index is 900. The predicted molar refractivity (Wildman–Crippen MR) is 107 cm³/mol. The molecule has 1 atom stereocenters. The molecule has 2 N–H and O–H groups in total. The lowest BCUT2D eigenvalue weighted by molar-refractivity contribution is -0.385. The normalized spacial score (nSPS) is 11.3. The number of hydrogen-bond acceptors (Lipinski definition) is 6. The summed E-state index contributed by atoms with van der Waals surface area (Å²) in [5, 5.41) is 16.4. The van der Waals surface area contributed by atoms with Crippen molar-refractivity contribution >= 4 is 23.2 Å². The molecule has 0 fully saturated rings. The van der Waals surface area contributed by atoms with E-state index in [4.69, 9.17) is 9.47 Å². The first kappa shape index (κ1) is 21.7. The number of carbonyl (C=O) groups excluding carboxylic acids is 2. The van der Waals surface area contributed by atoms with Crippen LogP contribution in [0.2, 0.25) is 0 Å². The van der Waals surface area contributed by atoms with Gasteiger partial charge in [0.15, 0.2) is 6.61 Å². The second kappa shape index (κ2) is 10.1. The highest BCUT2D eigenvalue weighted by Gasteiger charge is 2.17. The number of nitrogens with zero attached hydrogens (tertiary/aromatic N) is 1. The maximum Gasteiger partial charge on any atom is 0.311 e. The van der Waals surface area contributed by atoms with Crippen molar-refractivity contribution in [3.05, 3.63) is 58.1 Å². The maximum absolute atomic E-state index is 12.4. The number of nitro groups is 1. The zero-order valence-corrected chi connectivity index (χ0v) is 16.4. The minimum Gasteiger partial charge on any atom is -0.490 e. The molecule has 0 saturated heterocycles. The van der Waals surface area contributed by atoms with Gasteiger partial charge in [-0.25, -0.2) is 0 Å². The summed E-state index contributed by atoms with van der Waals surface area (Å²) in [6.45, 7) is 3.51. The Morgan fingerprint density at radius 2 is 1.93 bits per heavy atom. The van der Waals surface area contributed by atoms with E-state index in [1.165, 1.54) is 25.3 Å². The Labute approximate surface area is 168 Å². The van der Waals surface area contributed by atoms with Gasteiger partial charge in [0.25, 0.3) is 11.8 Å². The van der Waals surface area contributed by atoms with Crippen molar-refractivity contribution in [1.82, 2.24) is 5.32 Å². The fraction of sp³-hybridized carbons (Fsp3) is 0.300. The summed E-state index contributed by atoms with van der Waals surface area (Å²) in [5.41, 5.74) is 0.506. The molecule has 0 aliphatic rings. The molecule has 9 nitrogen and oxygen atoms in total. The van der Waals surface area contributed by atoms with Crippen molar-refractivity contribution in [3.63, 3.8) is 0 Å². The van der Waals surface area contributed by atoms with E-state index in [1.807, 2.05) is 13.8 Å². The minimum absolute atomic E-state index is 0.00621. The number of benzene rings is 2. The molecule has 29 heavy (non-hydrogen) atoms. The number of para-hydroxylation sites is 1. The number of rotatable bonds is 9. The fourth-order valence-electron chi connectivity index (χ4n) is 2.43. The van der Waals surface area contributed by atoms with E-state index in [1.54, 1.807) is 24.3 Å². The Balaban J connectivity index is 2.03. The van der Waals surface area contributed by atoms with Crippen LogP contribution in [-0.4, -0.2) is 36.5 Å². The van der Waals surface area contributed by atoms with Gasteiger partial charge in [0, 0.05) is 18.2 Å². The van der Waals surface area contributed by atoms with Gasteiger partial charge in [-0.15, -0.1) is 0 Å². The van der Waals surface area contributed by atoms with Crippen molar-refractivity contribution in [1.29, 1.82) is 0 Å². The summed E-state index contributed by atoms with van der Waals surface area (Å²) < 4.78 is 10.4. The van der Waals surface area contributed by atoms with Crippen LogP contribution in [0.15, 0.2) is 42.5 Å². The van der Waals surface area contributed by atoms with Gasteiger partial charge in [-0.1, -0.05) is 19.1 Å². The summed E-state index contributed by atoms with van der Waals surface area (Å²) in [6, 6.07) is 10.6. The third kappa shape index (κ3) is 5.93. The molecule has 2 aromatic carbocycles. The fourth-order valence-corrected chi connectivity index (χ4v) is 2.43. The third-order valence-corrected chi connectivity index (χ3v) is 4.15. The number of anilines is 1. The van der Waals surface area contributed by atoms with Crippen LogP contribution in [0, 0.1) is 10.1 Å². The topological polar surface area (TPSA) is 120 Å². The van der Waals surface area contributed by atoms with Crippen LogP contribution in [0.5, 0.6) is 11.5 Å². The molecule has 9 heteroatoms. The minimum atomic E-state index is -0.573. The molecule has 0 aromatic heterocycles. The first-order valence-corrected chi connectivity index (χ1v) is 9.00. The lowest BCUT2D eigenvalue weighted by Gasteiger charge is -2.15. The molecular weight excluding hydrogens is 378 g/mol. The highest BCUT2D eigenvalue weighted by atomic mass is 16.6. The molecular formula is C20H23N3O6. The van der Waals surface area contributed by atoms with Crippen LogP contribution in [0.25, 0.3) is 0 Å². The molecule has 0 saturated carbocycles. The molecule has 2 amide bonds. The number of hydrogen-bond donors (Lipinski definition) is 2. The Morgan fingerprint density at radius 1 is 1.21 bits per heavy atom. The predicted octanol–water partition coefficient (Wildman–Crippen LogP) is 3.15. The quantitative estimate of drug-likeness (QED) is 0.492. The average molecular weight is 401 g/mol. The second-order valence-electron chi connectivity index (χ2n) is 6.26. The summed E-state index contributed by atoms with van der Waals surface area (Å²) >= 11 is 0. The molecule has 154 valence electrons. The summed E-state index contributed by atoms with van der Waals surface area (Å²) in [4.78, 5) is 35.0. The zero-order chi connectivity index (χ0) is 21.4. The SMILES string of the molecule is CC[C@@H](C)NC(=O)c1ccccc1NC(=O)COc1ccc([N+](=O)[O-])c(OC)c1. The zero-order valence-electron chi connectivity index (χ0n) is 16.4. The molecule has 0 aliphatic heterocycles. The van der Waals surface area contributed by atoms with Gasteiger partial charge in [-0.2, -0.15) is 0 Å². The van der Waals surface area contributed by atoms with Crippen molar-refractivity contribution in [2.75, 3.05) is 19.0 Å². The highest BCUT2D eigenvalue weighted by Crippen LogP contribution is 2.30. The summed E-state index contributed by atoms with van der Waals surface area (Å²) in [6.07, 6.45) is 0.785. The molecule has 0 bridgehead atoms. The van der Waals surface area contributed by atoms with E-state index in [9.17, 15) is 19.7 Å². The van der Waals surface area contributed by atoms with Crippen molar-refractivity contribution in [3.8, 4) is 11.5 Å². The maximum atomic E-state index is 12.4. The van der Waals surface area contributed by atoms with Crippen LogP contribution in [0.3, 0.4) is 0 Å². The van der Waals surface area contributed by atoms with Gasteiger partial charge < -0.3 is 20.1 Å². The van der Waals surface area contributed by atoms with Crippen LogP contribution in [0.1, 0.15) is 30.6 Å². The number of nitrogens with one attached hydrogen (secondary N) is 2. The molecule has 0 unspecified atom stereocenters. The Morgan fingerprint density at radius 3 is 2.59 bits per heavy atom. The third-order valence-electron chi connectivity index (χ3n) is 4.15. The van der Waals surface area contributed by atoms with Gasteiger partial charge in [0.1, 0.15) is 5.75 Å². The smallest absolute Gasteiger partial charge is 0.311 e. The molecule has 0 aliphatic carbocycles. The monoisotopic (exact) mass is 401 g/mol. The van der Waals surface area contributed by atoms with Crippen LogP contribution in [0.4, 0.5) is 11.4 Å². The molecule has 0 heterocycles. The molecule has 2 aromatic rings. The average Bonchev–Trinajstić information content (AvgIpc) is 2.72. The van der Waals surface area contributed by atoms with E-state index < -0.39 is 10.8 Å². The van der Waals surface area contributed by atoms with E-state index in [0.717, 1.165) is 6.42 Å². The van der Waals surface area contributed by atoms with E-state index >= 15 is 0 Å². The Kier molecular flexibility index (Phi) is 7.53. The van der Waals surface area contributed by atoms with E-state index in [0.29, 0.717) is 11.3 Å².